The van der Waals surface area contributed by atoms with E-state index in [9.17, 15) is 8.42 Å². The number of benzene rings is 1. The van der Waals surface area contributed by atoms with Gasteiger partial charge in [-0.3, -0.25) is 0 Å². The second kappa shape index (κ2) is 5.02. The number of nitrogens with two attached hydrogens (primary N) is 1. The van der Waals surface area contributed by atoms with Gasteiger partial charge in [0.2, 0.25) is 10.0 Å². The van der Waals surface area contributed by atoms with Gasteiger partial charge in [-0.05, 0) is 37.1 Å². The first-order valence-corrected chi connectivity index (χ1v) is 7.91. The molecule has 1 fully saturated rings. The van der Waals surface area contributed by atoms with Crippen molar-refractivity contribution in [2.24, 2.45) is 11.8 Å². The highest BCUT2D eigenvalue weighted by molar-refractivity contribution is 7.89. The summed E-state index contributed by atoms with van der Waals surface area (Å²) in [6, 6.07) is 5.07. The van der Waals surface area contributed by atoms with Crippen LogP contribution in [0.1, 0.15) is 13.8 Å². The van der Waals surface area contributed by atoms with E-state index < -0.39 is 10.0 Å². The van der Waals surface area contributed by atoms with Crippen LogP contribution in [-0.2, 0) is 10.0 Å². The van der Waals surface area contributed by atoms with Crippen LogP contribution < -0.4 is 15.4 Å². The summed E-state index contributed by atoms with van der Waals surface area (Å²) in [6.45, 7) is 6.12. The zero-order valence-electron chi connectivity index (χ0n) is 11.6. The first kappa shape index (κ1) is 14.1. The molecule has 1 aliphatic rings. The third kappa shape index (κ3) is 2.69. The molecule has 3 N–H and O–H groups in total. The monoisotopic (exact) mass is 283 g/mol. The van der Waals surface area contributed by atoms with Gasteiger partial charge >= 0.3 is 0 Å². The summed E-state index contributed by atoms with van der Waals surface area (Å²) in [5, 5.41) is 0. The SMILES string of the molecule is CNS(=O)(=O)c1cc(N)ccc1N1CC(C)C(C)C1. The standard InChI is InChI=1S/C13H21N3O2S/c1-9-7-16(8-10(9)2)12-5-4-11(14)6-13(12)19(17,18)15-3/h4-6,9-10,15H,7-8,14H2,1-3H3. The maximum Gasteiger partial charge on any atom is 0.242 e. The second-order valence-corrected chi connectivity index (χ2v) is 7.15. The molecule has 2 rings (SSSR count). The number of nitrogens with zero attached hydrogens (tertiary/aromatic N) is 1. The van der Waals surface area contributed by atoms with Gasteiger partial charge < -0.3 is 10.6 Å². The van der Waals surface area contributed by atoms with Crippen molar-refractivity contribution in [2.75, 3.05) is 30.8 Å². The van der Waals surface area contributed by atoms with Crippen LogP contribution in [0.25, 0.3) is 0 Å². The molecule has 0 radical (unpaired) electrons. The van der Waals surface area contributed by atoms with Crippen molar-refractivity contribution in [3.63, 3.8) is 0 Å². The van der Waals surface area contributed by atoms with Crippen molar-refractivity contribution >= 4 is 21.4 Å². The van der Waals surface area contributed by atoms with Crippen LogP contribution in [0, 0.1) is 11.8 Å². The smallest absolute Gasteiger partial charge is 0.242 e. The number of nitrogen functional groups attached to an aromatic ring is 1. The van der Waals surface area contributed by atoms with Gasteiger partial charge in [0.25, 0.3) is 0 Å². The molecule has 6 heteroatoms. The van der Waals surface area contributed by atoms with E-state index in [-0.39, 0.29) is 4.90 Å². The molecule has 1 aromatic carbocycles. The molecule has 0 amide bonds. The summed E-state index contributed by atoms with van der Waals surface area (Å²) in [7, 11) is -2.08. The highest BCUT2D eigenvalue weighted by Crippen LogP contribution is 2.33. The average molecular weight is 283 g/mol. The second-order valence-electron chi connectivity index (χ2n) is 5.29. The van der Waals surface area contributed by atoms with Crippen LogP contribution in [0.15, 0.2) is 23.1 Å². The highest BCUT2D eigenvalue weighted by atomic mass is 32.2. The van der Waals surface area contributed by atoms with E-state index in [2.05, 4.69) is 23.5 Å². The maximum atomic E-state index is 12.1. The Morgan fingerprint density at radius 1 is 1.26 bits per heavy atom. The quantitative estimate of drug-likeness (QED) is 0.819. The molecule has 19 heavy (non-hydrogen) atoms. The maximum absolute atomic E-state index is 12.1. The van der Waals surface area contributed by atoms with Crippen LogP contribution in [0.2, 0.25) is 0 Å². The Balaban J connectivity index is 2.47. The largest absolute Gasteiger partial charge is 0.399 e. The summed E-state index contributed by atoms with van der Waals surface area (Å²) in [5.74, 6) is 1.12. The van der Waals surface area contributed by atoms with Gasteiger partial charge in [-0.1, -0.05) is 13.8 Å². The van der Waals surface area contributed by atoms with Gasteiger partial charge in [0.15, 0.2) is 0 Å². The molecule has 2 unspecified atom stereocenters. The van der Waals surface area contributed by atoms with Crippen LogP contribution in [0.5, 0.6) is 0 Å². The fraction of sp³-hybridized carbons (Fsp3) is 0.538. The van der Waals surface area contributed by atoms with E-state index in [4.69, 9.17) is 5.73 Å². The zero-order valence-corrected chi connectivity index (χ0v) is 12.4. The predicted molar refractivity (Wildman–Crippen MR) is 77.6 cm³/mol. The molecule has 0 aliphatic carbocycles. The summed E-state index contributed by atoms with van der Waals surface area (Å²) in [4.78, 5) is 2.38. The third-order valence-corrected chi connectivity index (χ3v) is 5.31. The number of nitrogens with one attached hydrogen (secondary N) is 1. The predicted octanol–water partition coefficient (Wildman–Crippen LogP) is 1.27. The first-order chi connectivity index (χ1) is 8.85. The molecular formula is C13H21N3O2S. The Morgan fingerprint density at radius 3 is 2.37 bits per heavy atom. The van der Waals surface area contributed by atoms with Gasteiger partial charge in [0.05, 0.1) is 5.69 Å². The molecule has 0 aromatic heterocycles. The zero-order chi connectivity index (χ0) is 14.2. The number of rotatable bonds is 3. The van der Waals surface area contributed by atoms with Crippen molar-refractivity contribution in [2.45, 2.75) is 18.7 Å². The van der Waals surface area contributed by atoms with Gasteiger partial charge in [-0.2, -0.15) is 0 Å². The van der Waals surface area contributed by atoms with E-state index in [1.165, 1.54) is 13.1 Å². The van der Waals surface area contributed by atoms with Gasteiger partial charge in [0, 0.05) is 18.8 Å². The Kier molecular flexibility index (Phi) is 3.73. The minimum Gasteiger partial charge on any atom is -0.399 e. The summed E-state index contributed by atoms with van der Waals surface area (Å²) >= 11 is 0. The molecule has 5 nitrogen and oxygen atoms in total. The molecule has 1 heterocycles. The lowest BCUT2D eigenvalue weighted by atomic mass is 10.0. The van der Waals surface area contributed by atoms with E-state index in [0.717, 1.165) is 18.8 Å². The molecule has 0 saturated carbocycles. The molecular weight excluding hydrogens is 262 g/mol. The Morgan fingerprint density at radius 2 is 1.84 bits per heavy atom. The van der Waals surface area contributed by atoms with Crippen LogP contribution in [0.3, 0.4) is 0 Å². The molecule has 1 aromatic rings. The molecule has 106 valence electrons. The highest BCUT2D eigenvalue weighted by Gasteiger charge is 2.29. The summed E-state index contributed by atoms with van der Waals surface area (Å²) in [6.07, 6.45) is 0. The van der Waals surface area contributed by atoms with Crippen molar-refractivity contribution < 1.29 is 8.42 Å². The fourth-order valence-electron chi connectivity index (χ4n) is 2.44. The van der Waals surface area contributed by atoms with Gasteiger partial charge in [-0.25, -0.2) is 13.1 Å². The van der Waals surface area contributed by atoms with Gasteiger partial charge in [-0.15, -0.1) is 0 Å². The van der Waals surface area contributed by atoms with Crippen LogP contribution >= 0.6 is 0 Å². The molecule has 1 aliphatic heterocycles. The van der Waals surface area contributed by atoms with E-state index in [0.29, 0.717) is 17.5 Å². The Hall–Kier alpha value is -1.27. The fourth-order valence-corrected chi connectivity index (χ4v) is 3.43. The lowest BCUT2D eigenvalue weighted by Crippen LogP contribution is -2.26. The van der Waals surface area contributed by atoms with Crippen molar-refractivity contribution in [3.8, 4) is 0 Å². The lowest BCUT2D eigenvalue weighted by molar-refractivity contribution is 0.494. The van der Waals surface area contributed by atoms with Crippen molar-refractivity contribution in [1.29, 1.82) is 0 Å². The molecule has 0 spiro atoms. The van der Waals surface area contributed by atoms with E-state index in [1.807, 2.05) is 0 Å². The van der Waals surface area contributed by atoms with Crippen LogP contribution in [-0.4, -0.2) is 28.6 Å². The minimum atomic E-state index is -3.50. The first-order valence-electron chi connectivity index (χ1n) is 6.43. The third-order valence-electron chi connectivity index (χ3n) is 3.87. The Bertz CT molecular complexity index is 561. The average Bonchev–Trinajstić information content (AvgIpc) is 2.69. The number of anilines is 2. The normalized spacial score (nSPS) is 23.8. The lowest BCUT2D eigenvalue weighted by Gasteiger charge is -2.22. The molecule has 1 saturated heterocycles. The van der Waals surface area contributed by atoms with Crippen molar-refractivity contribution in [3.05, 3.63) is 18.2 Å². The number of hydrogen-bond acceptors (Lipinski definition) is 4. The van der Waals surface area contributed by atoms with E-state index >= 15 is 0 Å². The van der Waals surface area contributed by atoms with E-state index in [1.54, 1.807) is 12.1 Å². The van der Waals surface area contributed by atoms with Crippen molar-refractivity contribution in [1.82, 2.24) is 4.72 Å². The minimum absolute atomic E-state index is 0.260. The number of hydrogen-bond donors (Lipinski definition) is 2. The molecule has 2 atom stereocenters. The van der Waals surface area contributed by atoms with Gasteiger partial charge in [0.1, 0.15) is 4.90 Å². The summed E-state index contributed by atoms with van der Waals surface area (Å²) in [5.41, 5.74) is 6.91. The summed E-state index contributed by atoms with van der Waals surface area (Å²) < 4.78 is 26.6. The van der Waals surface area contributed by atoms with Crippen LogP contribution in [0.4, 0.5) is 11.4 Å². The topological polar surface area (TPSA) is 75.4 Å². The number of sulfonamides is 1. The molecule has 0 bridgehead atoms. The Labute approximate surface area is 114 Å².